The SMILES string of the molecule is COc1ccc(NC(=O)/C(C#N)=C\C=C\c2ccccc2)cc1Cl. The summed E-state index contributed by atoms with van der Waals surface area (Å²) in [6.07, 6.45) is 4.94. The van der Waals surface area contributed by atoms with Gasteiger partial charge in [-0.15, -0.1) is 0 Å². The van der Waals surface area contributed by atoms with Crippen LogP contribution < -0.4 is 10.1 Å². The molecule has 2 aromatic carbocycles. The molecule has 0 saturated heterocycles. The number of halogens is 1. The molecule has 0 saturated carbocycles. The van der Waals surface area contributed by atoms with E-state index in [9.17, 15) is 4.79 Å². The molecule has 0 atom stereocenters. The van der Waals surface area contributed by atoms with E-state index in [0.29, 0.717) is 16.5 Å². The number of ether oxygens (including phenoxy) is 1. The monoisotopic (exact) mass is 338 g/mol. The van der Waals surface area contributed by atoms with Gasteiger partial charge in [0.05, 0.1) is 12.1 Å². The van der Waals surface area contributed by atoms with Crippen LogP contribution in [0.2, 0.25) is 5.02 Å². The van der Waals surface area contributed by atoms with Gasteiger partial charge >= 0.3 is 0 Å². The van der Waals surface area contributed by atoms with Gasteiger partial charge < -0.3 is 10.1 Å². The van der Waals surface area contributed by atoms with Crippen molar-refractivity contribution < 1.29 is 9.53 Å². The van der Waals surface area contributed by atoms with Crippen LogP contribution in [-0.4, -0.2) is 13.0 Å². The maximum Gasteiger partial charge on any atom is 0.266 e. The summed E-state index contributed by atoms with van der Waals surface area (Å²) in [7, 11) is 1.51. The van der Waals surface area contributed by atoms with E-state index in [4.69, 9.17) is 21.6 Å². The molecule has 0 radical (unpaired) electrons. The second-order valence-corrected chi connectivity index (χ2v) is 5.17. The van der Waals surface area contributed by atoms with Crippen LogP contribution in [0.5, 0.6) is 5.75 Å². The Morgan fingerprint density at radius 2 is 2.00 bits per heavy atom. The molecule has 120 valence electrons. The number of hydrogen-bond acceptors (Lipinski definition) is 3. The third-order valence-electron chi connectivity index (χ3n) is 3.13. The molecule has 4 nitrogen and oxygen atoms in total. The zero-order valence-corrected chi connectivity index (χ0v) is 13.7. The number of allylic oxidation sites excluding steroid dienone is 2. The van der Waals surface area contributed by atoms with E-state index in [1.165, 1.54) is 13.2 Å². The number of carbonyl (C=O) groups excluding carboxylic acids is 1. The minimum Gasteiger partial charge on any atom is -0.495 e. The van der Waals surface area contributed by atoms with E-state index in [1.54, 1.807) is 24.3 Å². The number of nitrogens with zero attached hydrogens (tertiary/aromatic N) is 1. The molecule has 2 rings (SSSR count). The predicted octanol–water partition coefficient (Wildman–Crippen LogP) is 4.45. The lowest BCUT2D eigenvalue weighted by Gasteiger charge is -2.07. The smallest absolute Gasteiger partial charge is 0.266 e. The number of methoxy groups -OCH3 is 1. The molecule has 0 bridgehead atoms. The highest BCUT2D eigenvalue weighted by molar-refractivity contribution is 6.32. The van der Waals surface area contributed by atoms with Gasteiger partial charge in [0.1, 0.15) is 17.4 Å². The minimum absolute atomic E-state index is 0.00544. The van der Waals surface area contributed by atoms with E-state index >= 15 is 0 Å². The van der Waals surface area contributed by atoms with Crippen LogP contribution in [0, 0.1) is 11.3 Å². The van der Waals surface area contributed by atoms with Gasteiger partial charge in [-0.2, -0.15) is 5.26 Å². The molecule has 1 amide bonds. The van der Waals surface area contributed by atoms with Crippen LogP contribution >= 0.6 is 11.6 Å². The van der Waals surface area contributed by atoms with E-state index < -0.39 is 5.91 Å². The minimum atomic E-state index is -0.503. The molecule has 0 fully saturated rings. The zero-order chi connectivity index (χ0) is 17.4. The van der Waals surface area contributed by atoms with Gasteiger partial charge in [-0.05, 0) is 29.8 Å². The van der Waals surface area contributed by atoms with Crippen molar-refractivity contribution in [2.45, 2.75) is 0 Å². The Kier molecular flexibility index (Phi) is 6.18. The number of nitrogens with one attached hydrogen (secondary N) is 1. The number of benzene rings is 2. The topological polar surface area (TPSA) is 62.1 Å². The van der Waals surface area contributed by atoms with E-state index in [2.05, 4.69) is 5.32 Å². The Morgan fingerprint density at radius 1 is 1.25 bits per heavy atom. The molecule has 0 aliphatic rings. The van der Waals surface area contributed by atoms with Crippen LogP contribution in [0.15, 0.2) is 66.3 Å². The van der Waals surface area contributed by atoms with Crippen molar-refractivity contribution in [1.82, 2.24) is 0 Å². The molecular weight excluding hydrogens is 324 g/mol. The number of nitriles is 1. The Hall–Kier alpha value is -3.03. The Bertz CT molecular complexity index is 821. The molecule has 24 heavy (non-hydrogen) atoms. The fourth-order valence-electron chi connectivity index (χ4n) is 1.93. The van der Waals surface area contributed by atoms with Gasteiger partial charge in [-0.1, -0.05) is 54.1 Å². The van der Waals surface area contributed by atoms with Crippen LogP contribution in [0.1, 0.15) is 5.56 Å². The third-order valence-corrected chi connectivity index (χ3v) is 3.42. The van der Waals surface area contributed by atoms with Gasteiger partial charge in [0.15, 0.2) is 0 Å². The first-order chi connectivity index (χ1) is 11.6. The van der Waals surface area contributed by atoms with Crippen molar-refractivity contribution in [2.75, 3.05) is 12.4 Å². The lowest BCUT2D eigenvalue weighted by atomic mass is 10.2. The van der Waals surface area contributed by atoms with E-state index in [0.717, 1.165) is 5.56 Å². The van der Waals surface area contributed by atoms with Crippen LogP contribution in [0.3, 0.4) is 0 Å². The van der Waals surface area contributed by atoms with Crippen LogP contribution in [-0.2, 0) is 4.79 Å². The summed E-state index contributed by atoms with van der Waals surface area (Å²) in [5.41, 5.74) is 1.46. The summed E-state index contributed by atoms with van der Waals surface area (Å²) in [5, 5.41) is 12.2. The normalized spacial score (nSPS) is 11.1. The summed E-state index contributed by atoms with van der Waals surface area (Å²) >= 11 is 6.01. The van der Waals surface area contributed by atoms with Gasteiger partial charge in [0.25, 0.3) is 5.91 Å². The highest BCUT2D eigenvalue weighted by Gasteiger charge is 2.09. The number of hydrogen-bond donors (Lipinski definition) is 1. The summed E-state index contributed by atoms with van der Waals surface area (Å²) < 4.78 is 5.05. The standard InChI is InChI=1S/C19H15ClN2O2/c1-24-18-11-10-16(12-17(18)20)22-19(23)15(13-21)9-5-8-14-6-3-2-4-7-14/h2-12H,1H3,(H,22,23)/b8-5+,15-9-. The first-order valence-electron chi connectivity index (χ1n) is 7.12. The quantitative estimate of drug-likeness (QED) is 0.497. The number of amides is 1. The van der Waals surface area contributed by atoms with E-state index in [1.807, 2.05) is 42.5 Å². The van der Waals surface area contributed by atoms with Gasteiger partial charge in [0, 0.05) is 5.69 Å². The summed E-state index contributed by atoms with van der Waals surface area (Å²) in [6, 6.07) is 16.3. The lowest BCUT2D eigenvalue weighted by molar-refractivity contribution is -0.112. The number of anilines is 1. The maximum atomic E-state index is 12.1. The third kappa shape index (κ3) is 4.73. The van der Waals surface area contributed by atoms with Crippen LogP contribution in [0.4, 0.5) is 5.69 Å². The van der Waals surface area contributed by atoms with Crippen molar-refractivity contribution in [1.29, 1.82) is 5.26 Å². The number of carbonyl (C=O) groups is 1. The maximum absolute atomic E-state index is 12.1. The average molecular weight is 339 g/mol. The summed E-state index contributed by atoms with van der Waals surface area (Å²) in [4.78, 5) is 12.1. The second-order valence-electron chi connectivity index (χ2n) is 4.77. The van der Waals surface area contributed by atoms with Gasteiger partial charge in [0.2, 0.25) is 0 Å². The largest absolute Gasteiger partial charge is 0.495 e. The molecule has 0 aliphatic carbocycles. The molecule has 0 spiro atoms. The summed E-state index contributed by atoms with van der Waals surface area (Å²) in [6.45, 7) is 0. The molecule has 0 aliphatic heterocycles. The van der Waals surface area contributed by atoms with Crippen molar-refractivity contribution in [3.05, 3.63) is 76.8 Å². The van der Waals surface area contributed by atoms with Gasteiger partial charge in [-0.25, -0.2) is 0 Å². The molecule has 0 unspecified atom stereocenters. The summed E-state index contributed by atoms with van der Waals surface area (Å²) in [5.74, 6) is 0.00736. The molecule has 0 aromatic heterocycles. The van der Waals surface area contributed by atoms with Crippen molar-refractivity contribution >= 4 is 29.3 Å². The highest BCUT2D eigenvalue weighted by atomic mass is 35.5. The molecule has 5 heteroatoms. The zero-order valence-electron chi connectivity index (χ0n) is 13.0. The van der Waals surface area contributed by atoms with Gasteiger partial charge in [-0.3, -0.25) is 4.79 Å². The predicted molar refractivity (Wildman–Crippen MR) is 95.8 cm³/mol. The van der Waals surface area contributed by atoms with E-state index in [-0.39, 0.29) is 5.57 Å². The first-order valence-corrected chi connectivity index (χ1v) is 7.50. The Morgan fingerprint density at radius 3 is 2.62 bits per heavy atom. The average Bonchev–Trinajstić information content (AvgIpc) is 2.59. The lowest BCUT2D eigenvalue weighted by Crippen LogP contribution is -2.13. The Labute approximate surface area is 145 Å². The molecule has 2 aromatic rings. The fraction of sp³-hybridized carbons (Fsp3) is 0.0526. The fourth-order valence-corrected chi connectivity index (χ4v) is 2.18. The Balaban J connectivity index is 2.09. The van der Waals surface area contributed by atoms with Crippen molar-refractivity contribution in [3.8, 4) is 11.8 Å². The highest BCUT2D eigenvalue weighted by Crippen LogP contribution is 2.27. The molecule has 0 heterocycles. The molecular formula is C19H15ClN2O2. The van der Waals surface area contributed by atoms with Crippen molar-refractivity contribution in [2.24, 2.45) is 0 Å². The van der Waals surface area contributed by atoms with Crippen molar-refractivity contribution in [3.63, 3.8) is 0 Å². The molecule has 1 N–H and O–H groups in total. The second kappa shape index (κ2) is 8.56. The number of rotatable bonds is 5. The van der Waals surface area contributed by atoms with Crippen LogP contribution in [0.25, 0.3) is 6.08 Å². The first kappa shape index (κ1) is 17.3.